The van der Waals surface area contributed by atoms with Gasteiger partial charge < -0.3 is 5.32 Å². The van der Waals surface area contributed by atoms with Crippen molar-refractivity contribution in [1.82, 2.24) is 0 Å². The third-order valence-corrected chi connectivity index (χ3v) is 8.62. The second-order valence-electron chi connectivity index (χ2n) is 8.78. The number of sulfonamides is 1. The van der Waals surface area contributed by atoms with Crippen molar-refractivity contribution < 1.29 is 8.42 Å². The minimum absolute atomic E-state index is 0.0609. The van der Waals surface area contributed by atoms with Crippen LogP contribution < -0.4 is 10.0 Å². The van der Waals surface area contributed by atoms with E-state index >= 15 is 0 Å². The first kappa shape index (κ1) is 22.3. The first-order chi connectivity index (χ1) is 15.7. The molecular weight excluding hydrogens is 475 g/mol. The summed E-state index contributed by atoms with van der Waals surface area (Å²) in [5.41, 5.74) is 5.22. The predicted molar refractivity (Wildman–Crippen MR) is 136 cm³/mol. The van der Waals surface area contributed by atoms with Gasteiger partial charge in [-0.3, -0.25) is 4.72 Å². The lowest BCUT2D eigenvalue weighted by Gasteiger charge is -2.38. The molecule has 3 atom stereocenters. The average molecular weight is 499 g/mol. The highest BCUT2D eigenvalue weighted by Crippen LogP contribution is 2.52. The predicted octanol–water partition coefficient (Wildman–Crippen LogP) is 7.24. The molecule has 0 radical (unpaired) electrons. The number of rotatable bonds is 4. The van der Waals surface area contributed by atoms with Crippen LogP contribution in [0.5, 0.6) is 0 Å². The van der Waals surface area contributed by atoms with Crippen LogP contribution in [-0.2, 0) is 10.0 Å². The lowest BCUT2D eigenvalue weighted by atomic mass is 9.77. The molecule has 3 aromatic rings. The molecule has 33 heavy (non-hydrogen) atoms. The van der Waals surface area contributed by atoms with Crippen molar-refractivity contribution in [2.45, 2.75) is 37.1 Å². The number of nitrogens with one attached hydrogen (secondary N) is 2. The standard InChI is InChI=1S/C26H24Cl2N2O2S/c1-15-9-10-16(2)24(13-15)30-33(31,32)17-11-12-23-20(14-17)18-5-3-6-19(18)26(29-23)25-21(27)7-4-8-22(25)28/h3-5,7-14,18-19,26,29-30H,6H2,1-2H3/t18-,19+,26-/m0/s1. The van der Waals surface area contributed by atoms with Crippen LogP contribution in [0.15, 0.2) is 71.6 Å². The largest absolute Gasteiger partial charge is 0.378 e. The zero-order valence-corrected chi connectivity index (χ0v) is 20.6. The Balaban J connectivity index is 1.52. The smallest absolute Gasteiger partial charge is 0.261 e. The van der Waals surface area contributed by atoms with Gasteiger partial charge in [-0.05, 0) is 79.3 Å². The second-order valence-corrected chi connectivity index (χ2v) is 11.3. The fourth-order valence-corrected chi connectivity index (χ4v) is 6.67. The molecule has 0 unspecified atom stereocenters. The van der Waals surface area contributed by atoms with Crippen molar-refractivity contribution in [3.8, 4) is 0 Å². The van der Waals surface area contributed by atoms with E-state index < -0.39 is 10.0 Å². The van der Waals surface area contributed by atoms with Gasteiger partial charge >= 0.3 is 0 Å². The van der Waals surface area contributed by atoms with Crippen molar-refractivity contribution in [3.05, 3.63) is 99.0 Å². The Hall–Kier alpha value is -2.47. The molecule has 0 bridgehead atoms. The minimum atomic E-state index is -3.74. The summed E-state index contributed by atoms with van der Waals surface area (Å²) in [7, 11) is -3.74. The monoisotopic (exact) mass is 498 g/mol. The maximum atomic E-state index is 13.2. The Morgan fingerprint density at radius 2 is 1.76 bits per heavy atom. The van der Waals surface area contributed by atoms with Crippen LogP contribution in [0.3, 0.4) is 0 Å². The first-order valence-corrected chi connectivity index (χ1v) is 13.1. The summed E-state index contributed by atoms with van der Waals surface area (Å²) in [6.45, 7) is 3.83. The summed E-state index contributed by atoms with van der Waals surface area (Å²) in [4.78, 5) is 0.247. The molecule has 5 rings (SSSR count). The molecule has 0 saturated heterocycles. The van der Waals surface area contributed by atoms with Gasteiger partial charge in [0.05, 0.1) is 16.6 Å². The molecular formula is C26H24Cl2N2O2S. The van der Waals surface area contributed by atoms with Crippen molar-refractivity contribution in [3.63, 3.8) is 0 Å². The van der Waals surface area contributed by atoms with Gasteiger partial charge in [-0.25, -0.2) is 8.42 Å². The van der Waals surface area contributed by atoms with Crippen LogP contribution in [0, 0.1) is 19.8 Å². The molecule has 1 aliphatic carbocycles. The van der Waals surface area contributed by atoms with Crippen LogP contribution in [0.2, 0.25) is 10.0 Å². The van der Waals surface area contributed by atoms with Crippen LogP contribution in [0.4, 0.5) is 11.4 Å². The van der Waals surface area contributed by atoms with Crippen LogP contribution in [-0.4, -0.2) is 8.42 Å². The molecule has 2 aliphatic rings. The summed E-state index contributed by atoms with van der Waals surface area (Å²) < 4.78 is 29.2. The van der Waals surface area contributed by atoms with Gasteiger partial charge in [-0.2, -0.15) is 0 Å². The molecule has 1 aliphatic heterocycles. The molecule has 1 heterocycles. The average Bonchev–Trinajstić information content (AvgIpc) is 3.26. The summed E-state index contributed by atoms with van der Waals surface area (Å²) in [6.07, 6.45) is 5.18. The SMILES string of the molecule is Cc1ccc(C)c(NS(=O)(=O)c2ccc3c(c2)[C@H]2C=CC[C@H]2[C@@H](c2c(Cl)cccc2Cl)N3)c1. The molecule has 0 spiro atoms. The van der Waals surface area contributed by atoms with Gasteiger partial charge in [0.15, 0.2) is 0 Å². The van der Waals surface area contributed by atoms with Crippen LogP contribution in [0.25, 0.3) is 0 Å². The Morgan fingerprint density at radius 3 is 2.52 bits per heavy atom. The van der Waals surface area contributed by atoms with Crippen LogP contribution in [0.1, 0.15) is 40.6 Å². The van der Waals surface area contributed by atoms with E-state index in [1.165, 1.54) is 0 Å². The molecule has 0 aromatic heterocycles. The van der Waals surface area contributed by atoms with E-state index in [0.717, 1.165) is 34.4 Å². The van der Waals surface area contributed by atoms with E-state index in [-0.39, 0.29) is 22.8 Å². The highest BCUT2D eigenvalue weighted by molar-refractivity contribution is 7.92. The third-order valence-electron chi connectivity index (χ3n) is 6.59. The van der Waals surface area contributed by atoms with Gasteiger partial charge in [0.25, 0.3) is 10.0 Å². The van der Waals surface area contributed by atoms with Gasteiger partial charge in [-0.15, -0.1) is 0 Å². The first-order valence-electron chi connectivity index (χ1n) is 10.9. The van der Waals surface area contributed by atoms with E-state index in [0.29, 0.717) is 15.7 Å². The van der Waals surface area contributed by atoms with Crippen molar-refractivity contribution in [1.29, 1.82) is 0 Å². The van der Waals surface area contributed by atoms with E-state index in [1.807, 2.05) is 56.3 Å². The lowest BCUT2D eigenvalue weighted by Crippen LogP contribution is -2.30. The van der Waals surface area contributed by atoms with Gasteiger partial charge in [0.2, 0.25) is 0 Å². The number of aryl methyl sites for hydroxylation is 2. The number of fused-ring (bicyclic) bond motifs is 3. The summed E-state index contributed by atoms with van der Waals surface area (Å²) in [6, 6.07) is 16.5. The minimum Gasteiger partial charge on any atom is -0.378 e. The molecule has 0 amide bonds. The Labute approximate surface area is 204 Å². The molecule has 3 aromatic carbocycles. The highest BCUT2D eigenvalue weighted by atomic mass is 35.5. The normalized spacial score (nSPS) is 21.3. The number of hydrogen-bond donors (Lipinski definition) is 2. The van der Waals surface area contributed by atoms with Gasteiger partial charge in [0, 0.05) is 27.2 Å². The quantitative estimate of drug-likeness (QED) is 0.372. The number of anilines is 2. The molecule has 0 saturated carbocycles. The van der Waals surface area contributed by atoms with E-state index in [2.05, 4.69) is 22.2 Å². The Bertz CT molecular complexity index is 1360. The van der Waals surface area contributed by atoms with Gasteiger partial charge in [-0.1, -0.05) is 53.6 Å². The molecule has 4 nitrogen and oxygen atoms in total. The zero-order valence-electron chi connectivity index (χ0n) is 18.3. The van der Waals surface area contributed by atoms with Gasteiger partial charge in [0.1, 0.15) is 0 Å². The molecule has 0 fully saturated rings. The molecule has 2 N–H and O–H groups in total. The number of halogens is 2. The Kier molecular flexibility index (Phi) is 5.68. The summed E-state index contributed by atoms with van der Waals surface area (Å²) >= 11 is 13.1. The fourth-order valence-electron chi connectivity index (χ4n) is 4.88. The van der Waals surface area contributed by atoms with E-state index in [4.69, 9.17) is 23.2 Å². The van der Waals surface area contributed by atoms with E-state index in [1.54, 1.807) is 12.1 Å². The summed E-state index contributed by atoms with van der Waals surface area (Å²) in [5, 5.41) is 4.85. The number of hydrogen-bond acceptors (Lipinski definition) is 3. The summed E-state index contributed by atoms with van der Waals surface area (Å²) in [5.74, 6) is 0.272. The Morgan fingerprint density at radius 1 is 1.00 bits per heavy atom. The maximum Gasteiger partial charge on any atom is 0.261 e. The maximum absolute atomic E-state index is 13.2. The molecule has 170 valence electrons. The second kappa shape index (κ2) is 8.39. The molecule has 7 heteroatoms. The fraction of sp³-hybridized carbons (Fsp3) is 0.231. The number of benzene rings is 3. The third kappa shape index (κ3) is 4.03. The number of allylic oxidation sites excluding steroid dienone is 2. The topological polar surface area (TPSA) is 58.2 Å². The zero-order chi connectivity index (χ0) is 23.3. The van der Waals surface area contributed by atoms with Crippen molar-refractivity contribution >= 4 is 44.6 Å². The lowest BCUT2D eigenvalue weighted by molar-refractivity contribution is 0.425. The highest BCUT2D eigenvalue weighted by Gasteiger charge is 2.40. The van der Waals surface area contributed by atoms with E-state index in [9.17, 15) is 8.42 Å². The van der Waals surface area contributed by atoms with Crippen molar-refractivity contribution in [2.75, 3.05) is 10.0 Å². The van der Waals surface area contributed by atoms with Crippen LogP contribution >= 0.6 is 23.2 Å². The van der Waals surface area contributed by atoms with Crippen molar-refractivity contribution in [2.24, 2.45) is 5.92 Å².